The van der Waals surface area contributed by atoms with E-state index >= 15 is 0 Å². The summed E-state index contributed by atoms with van der Waals surface area (Å²) in [7, 11) is 0. The Morgan fingerprint density at radius 2 is 1.69 bits per heavy atom. The Morgan fingerprint density at radius 1 is 0.966 bits per heavy atom. The van der Waals surface area contributed by atoms with Gasteiger partial charge in [0.05, 0.1) is 28.0 Å². The van der Waals surface area contributed by atoms with Gasteiger partial charge in [0, 0.05) is 24.0 Å². The summed E-state index contributed by atoms with van der Waals surface area (Å²) in [6.45, 7) is 0.227. The van der Waals surface area contributed by atoms with Gasteiger partial charge in [0.25, 0.3) is 17.7 Å². The fourth-order valence-electron chi connectivity index (χ4n) is 3.60. The molecule has 0 radical (unpaired) electrons. The number of aromatic nitrogens is 1. The number of nitrogens with zero attached hydrogens (tertiary/aromatic N) is 3. The lowest BCUT2D eigenvalue weighted by molar-refractivity contribution is -0.121. The zero-order chi connectivity index (χ0) is 20.0. The standard InChI is InChI=1S/C21H15N3O4S/c25-19-10-28-18-6-5-13(16-11-29-12-22-16)9-17(18)23(19)7-8-24-20(26)14-3-1-2-4-15(14)21(24)27/h1-6,9,11-12H,7-8,10H2. The predicted molar refractivity (Wildman–Crippen MR) is 107 cm³/mol. The van der Waals surface area contributed by atoms with Crippen molar-refractivity contribution in [2.75, 3.05) is 24.6 Å². The lowest BCUT2D eigenvalue weighted by atomic mass is 10.1. The zero-order valence-electron chi connectivity index (χ0n) is 15.2. The van der Waals surface area contributed by atoms with E-state index in [1.54, 1.807) is 34.7 Å². The number of fused-ring (bicyclic) bond motifs is 2. The first-order valence-electron chi connectivity index (χ1n) is 9.04. The quantitative estimate of drug-likeness (QED) is 0.624. The van der Waals surface area contributed by atoms with Gasteiger partial charge in [-0.25, -0.2) is 4.98 Å². The number of imide groups is 1. The van der Waals surface area contributed by atoms with Crippen LogP contribution in [0.4, 0.5) is 5.69 Å². The third kappa shape index (κ3) is 2.89. The minimum absolute atomic E-state index is 0.0782. The van der Waals surface area contributed by atoms with Crippen molar-refractivity contribution in [3.63, 3.8) is 0 Å². The van der Waals surface area contributed by atoms with Crippen molar-refractivity contribution < 1.29 is 19.1 Å². The van der Waals surface area contributed by atoms with Crippen LogP contribution in [0.5, 0.6) is 5.75 Å². The first-order chi connectivity index (χ1) is 14.1. The van der Waals surface area contributed by atoms with Crippen LogP contribution in [0, 0.1) is 0 Å². The van der Waals surface area contributed by atoms with E-state index in [0.717, 1.165) is 11.3 Å². The number of carbonyl (C=O) groups excluding carboxylic acids is 3. The molecule has 7 nitrogen and oxygen atoms in total. The van der Waals surface area contributed by atoms with Crippen LogP contribution in [0.2, 0.25) is 0 Å². The topological polar surface area (TPSA) is 79.8 Å². The van der Waals surface area contributed by atoms with Gasteiger partial charge >= 0.3 is 0 Å². The molecule has 2 aromatic carbocycles. The summed E-state index contributed by atoms with van der Waals surface area (Å²) in [6.07, 6.45) is 0. The highest BCUT2D eigenvalue weighted by atomic mass is 32.1. The molecule has 29 heavy (non-hydrogen) atoms. The Labute approximate surface area is 170 Å². The lowest BCUT2D eigenvalue weighted by Gasteiger charge is -2.30. The van der Waals surface area contributed by atoms with Crippen LogP contribution in [0.25, 0.3) is 11.3 Å². The maximum atomic E-state index is 12.6. The molecule has 5 rings (SSSR count). The van der Waals surface area contributed by atoms with Gasteiger partial charge in [0.1, 0.15) is 5.75 Å². The molecule has 8 heteroatoms. The van der Waals surface area contributed by atoms with E-state index in [9.17, 15) is 14.4 Å². The molecule has 0 saturated heterocycles. The zero-order valence-corrected chi connectivity index (χ0v) is 16.0. The van der Waals surface area contributed by atoms with Crippen molar-refractivity contribution in [2.24, 2.45) is 0 Å². The number of benzene rings is 2. The Hall–Kier alpha value is -3.52. The molecule has 0 saturated carbocycles. The molecule has 2 aliphatic rings. The number of anilines is 1. The molecule has 3 amide bonds. The van der Waals surface area contributed by atoms with Gasteiger partial charge in [-0.2, -0.15) is 0 Å². The number of thiazole rings is 1. The molecule has 0 bridgehead atoms. The molecular weight excluding hydrogens is 390 g/mol. The molecule has 0 N–H and O–H groups in total. The van der Waals surface area contributed by atoms with Gasteiger partial charge in [-0.15, -0.1) is 11.3 Å². The summed E-state index contributed by atoms with van der Waals surface area (Å²) in [5, 5.41) is 1.93. The molecule has 0 aliphatic carbocycles. The summed E-state index contributed by atoms with van der Waals surface area (Å²) in [4.78, 5) is 44.8. The highest BCUT2D eigenvalue weighted by Gasteiger charge is 2.36. The fourth-order valence-corrected chi connectivity index (χ4v) is 4.17. The summed E-state index contributed by atoms with van der Waals surface area (Å²) in [6, 6.07) is 12.3. The monoisotopic (exact) mass is 405 g/mol. The van der Waals surface area contributed by atoms with Crippen molar-refractivity contribution >= 4 is 34.7 Å². The van der Waals surface area contributed by atoms with Crippen molar-refractivity contribution in [3.8, 4) is 17.0 Å². The number of ether oxygens (including phenoxy) is 1. The van der Waals surface area contributed by atoms with Gasteiger partial charge in [0.15, 0.2) is 6.61 Å². The number of amides is 3. The number of carbonyl (C=O) groups is 3. The second-order valence-corrected chi connectivity index (χ2v) is 7.42. The Bertz CT molecular complexity index is 1110. The van der Waals surface area contributed by atoms with Crippen LogP contribution < -0.4 is 9.64 Å². The van der Waals surface area contributed by atoms with Crippen molar-refractivity contribution in [1.29, 1.82) is 0 Å². The summed E-state index contributed by atoms with van der Waals surface area (Å²) >= 11 is 1.49. The second-order valence-electron chi connectivity index (χ2n) is 6.70. The summed E-state index contributed by atoms with van der Waals surface area (Å²) in [5.41, 5.74) is 4.85. The van der Waals surface area contributed by atoms with Gasteiger partial charge in [-0.1, -0.05) is 12.1 Å². The van der Waals surface area contributed by atoms with Crippen LogP contribution in [-0.2, 0) is 4.79 Å². The minimum atomic E-state index is -0.331. The molecule has 2 aliphatic heterocycles. The molecule has 0 atom stereocenters. The Balaban J connectivity index is 1.41. The van der Waals surface area contributed by atoms with Crippen molar-refractivity contribution in [2.45, 2.75) is 0 Å². The fraction of sp³-hybridized carbons (Fsp3) is 0.143. The van der Waals surface area contributed by atoms with E-state index in [-0.39, 0.29) is 37.4 Å². The first-order valence-corrected chi connectivity index (χ1v) is 9.99. The molecule has 0 unspecified atom stereocenters. The molecular formula is C21H15N3O4S. The third-order valence-electron chi connectivity index (χ3n) is 5.06. The van der Waals surface area contributed by atoms with Crippen LogP contribution in [-0.4, -0.2) is 47.3 Å². The molecule has 144 valence electrons. The van der Waals surface area contributed by atoms with Crippen molar-refractivity contribution in [3.05, 3.63) is 64.5 Å². The van der Waals surface area contributed by atoms with Gasteiger partial charge in [-0.3, -0.25) is 19.3 Å². The molecule has 0 spiro atoms. The normalized spacial score (nSPS) is 15.4. The largest absolute Gasteiger partial charge is 0.482 e. The van der Waals surface area contributed by atoms with Crippen molar-refractivity contribution in [1.82, 2.24) is 9.88 Å². The maximum Gasteiger partial charge on any atom is 0.265 e. The van der Waals surface area contributed by atoms with Crippen LogP contribution in [0.1, 0.15) is 20.7 Å². The van der Waals surface area contributed by atoms with Gasteiger partial charge in [0.2, 0.25) is 0 Å². The summed E-state index contributed by atoms with van der Waals surface area (Å²) < 4.78 is 5.55. The number of hydrogen-bond acceptors (Lipinski definition) is 6. The molecule has 0 fully saturated rings. The average molecular weight is 405 g/mol. The SMILES string of the molecule is O=C1c2ccccc2C(=O)N1CCN1C(=O)COc2ccc(-c3cscn3)cc21. The maximum absolute atomic E-state index is 12.6. The smallest absolute Gasteiger partial charge is 0.265 e. The third-order valence-corrected chi connectivity index (χ3v) is 5.64. The predicted octanol–water partition coefficient (Wildman–Crippen LogP) is 2.83. The first kappa shape index (κ1) is 17.6. The Kier molecular flexibility index (Phi) is 4.13. The number of rotatable bonds is 4. The highest BCUT2D eigenvalue weighted by Crippen LogP contribution is 2.36. The molecule has 3 heterocycles. The molecule has 1 aromatic heterocycles. The van der Waals surface area contributed by atoms with Gasteiger partial charge < -0.3 is 9.64 Å². The second kappa shape index (κ2) is 6.82. The Morgan fingerprint density at radius 3 is 2.38 bits per heavy atom. The van der Waals surface area contributed by atoms with E-state index in [4.69, 9.17) is 4.74 Å². The highest BCUT2D eigenvalue weighted by molar-refractivity contribution is 7.07. The van der Waals surface area contributed by atoms with Crippen LogP contribution in [0.3, 0.4) is 0 Å². The average Bonchev–Trinajstić information content (AvgIpc) is 3.36. The number of hydrogen-bond donors (Lipinski definition) is 0. The molecule has 3 aromatic rings. The van der Waals surface area contributed by atoms with E-state index < -0.39 is 0 Å². The van der Waals surface area contributed by atoms with E-state index in [2.05, 4.69) is 4.98 Å². The van der Waals surface area contributed by atoms with E-state index in [0.29, 0.717) is 22.6 Å². The van der Waals surface area contributed by atoms with Crippen LogP contribution >= 0.6 is 11.3 Å². The summed E-state index contributed by atoms with van der Waals surface area (Å²) in [5.74, 6) is -0.291. The lowest BCUT2D eigenvalue weighted by Crippen LogP contribution is -2.44. The van der Waals surface area contributed by atoms with E-state index in [1.165, 1.54) is 16.2 Å². The van der Waals surface area contributed by atoms with Crippen LogP contribution in [0.15, 0.2) is 53.4 Å². The van der Waals surface area contributed by atoms with E-state index in [1.807, 2.05) is 23.6 Å². The minimum Gasteiger partial charge on any atom is -0.482 e. The van der Waals surface area contributed by atoms with Gasteiger partial charge in [-0.05, 0) is 30.3 Å².